The molecule has 2 amide bonds. The van der Waals surface area contributed by atoms with Crippen LogP contribution in [-0.4, -0.2) is 36.3 Å². The minimum atomic E-state index is -1.37. The molecule has 0 aliphatic carbocycles. The quantitative estimate of drug-likeness (QED) is 0.409. The molecule has 0 aliphatic heterocycles. The highest BCUT2D eigenvalue weighted by Crippen LogP contribution is 2.65. The third kappa shape index (κ3) is 10.2. The molecule has 0 saturated heterocycles. The van der Waals surface area contributed by atoms with Gasteiger partial charge in [0, 0.05) is 12.5 Å². The zero-order chi connectivity index (χ0) is 18.6. The van der Waals surface area contributed by atoms with Crippen molar-refractivity contribution in [2.24, 2.45) is 0 Å². The molecule has 0 spiro atoms. The Labute approximate surface area is 161 Å². The molecule has 0 aliphatic rings. The van der Waals surface area contributed by atoms with Gasteiger partial charge in [-0.3, -0.25) is 10.1 Å². The summed E-state index contributed by atoms with van der Waals surface area (Å²) in [6, 6.07) is 0. The number of imide groups is 1. The van der Waals surface area contributed by atoms with E-state index in [-0.39, 0.29) is 18.3 Å². The Bertz CT molecular complexity index is 394. The van der Waals surface area contributed by atoms with Crippen molar-refractivity contribution in [3.05, 3.63) is 12.2 Å². The number of carbonyl (C=O) groups is 2. The molecular weight excluding hydrogens is 357 g/mol. The number of unbranched alkanes of at least 4 members (excludes halogenated alkanes) is 3. The van der Waals surface area contributed by atoms with Crippen molar-refractivity contribution >= 4 is 19.3 Å². The Morgan fingerprint density at radius 2 is 1.40 bits per heavy atom. The van der Waals surface area contributed by atoms with Gasteiger partial charge in [-0.2, -0.15) is 0 Å². The number of amides is 2. The van der Waals surface area contributed by atoms with Gasteiger partial charge in [0.2, 0.25) is 5.85 Å². The van der Waals surface area contributed by atoms with Crippen molar-refractivity contribution in [2.75, 3.05) is 18.5 Å². The van der Waals surface area contributed by atoms with E-state index in [1.165, 1.54) is 37.7 Å². The number of rotatable bonds is 12. The van der Waals surface area contributed by atoms with E-state index in [1.807, 2.05) is 6.92 Å². The number of carbonyl (C=O) groups excluding carboxylic acids is 2. The van der Waals surface area contributed by atoms with Crippen LogP contribution in [-0.2, 0) is 9.53 Å². The van der Waals surface area contributed by atoms with Gasteiger partial charge in [-0.05, 0) is 26.2 Å². The van der Waals surface area contributed by atoms with Crippen molar-refractivity contribution in [3.63, 3.8) is 0 Å². The standard InChI is InChI=1S/C19H36NO3P.ClH/c1-7-10-13-24(14-11-8-2,15-12-9-3)17(6)23-19(22)20-18(21)16(4)5;/h17H,4,7-15H2,1-3,5-6H3;1H. The van der Waals surface area contributed by atoms with Crippen LogP contribution in [0.3, 0.4) is 0 Å². The molecule has 1 N–H and O–H groups in total. The number of halogens is 1. The smallest absolute Gasteiger partial charge is 0.417 e. The fourth-order valence-corrected chi connectivity index (χ4v) is 7.71. The number of hydrogen-bond acceptors (Lipinski definition) is 3. The van der Waals surface area contributed by atoms with Crippen molar-refractivity contribution in [1.82, 2.24) is 5.32 Å². The Kier molecular flexibility index (Phi) is 15.5. The van der Waals surface area contributed by atoms with Crippen molar-refractivity contribution in [3.8, 4) is 0 Å². The molecule has 0 saturated carbocycles. The minimum Gasteiger partial charge on any atom is -1.00 e. The third-order valence-corrected chi connectivity index (χ3v) is 9.79. The average molecular weight is 394 g/mol. The zero-order valence-electron chi connectivity index (χ0n) is 16.7. The van der Waals surface area contributed by atoms with Crippen LogP contribution in [0.4, 0.5) is 4.79 Å². The lowest BCUT2D eigenvalue weighted by atomic mass is 10.3. The lowest BCUT2D eigenvalue weighted by Crippen LogP contribution is -3.00. The molecule has 0 radical (unpaired) electrons. The first-order valence-electron chi connectivity index (χ1n) is 9.36. The number of hydrogen-bond donors (Lipinski definition) is 1. The highest BCUT2D eigenvalue weighted by atomic mass is 35.5. The van der Waals surface area contributed by atoms with E-state index in [1.54, 1.807) is 6.92 Å². The summed E-state index contributed by atoms with van der Waals surface area (Å²) in [5.74, 6) is -0.563. The van der Waals surface area contributed by atoms with E-state index in [4.69, 9.17) is 4.74 Å². The van der Waals surface area contributed by atoms with Crippen LogP contribution in [0.1, 0.15) is 73.1 Å². The molecule has 148 valence electrons. The highest BCUT2D eigenvalue weighted by Gasteiger charge is 2.44. The Morgan fingerprint density at radius 3 is 1.72 bits per heavy atom. The summed E-state index contributed by atoms with van der Waals surface area (Å²) in [5, 5.41) is 2.27. The van der Waals surface area contributed by atoms with Crippen LogP contribution < -0.4 is 17.7 Å². The molecule has 0 bridgehead atoms. The van der Waals surface area contributed by atoms with Crippen LogP contribution in [0, 0.1) is 0 Å². The molecule has 4 nitrogen and oxygen atoms in total. The topological polar surface area (TPSA) is 55.4 Å². The lowest BCUT2D eigenvalue weighted by Gasteiger charge is -2.32. The van der Waals surface area contributed by atoms with Crippen LogP contribution in [0.2, 0.25) is 0 Å². The third-order valence-electron chi connectivity index (χ3n) is 4.52. The van der Waals surface area contributed by atoms with Gasteiger partial charge >= 0.3 is 6.09 Å². The molecule has 0 rings (SSSR count). The number of alkyl carbamates (subject to hydrolysis) is 1. The van der Waals surface area contributed by atoms with Gasteiger partial charge in [0.1, 0.15) is 0 Å². The first-order valence-corrected chi connectivity index (χ1v) is 11.8. The van der Waals surface area contributed by atoms with E-state index in [2.05, 4.69) is 32.7 Å². The van der Waals surface area contributed by atoms with Gasteiger partial charge in [-0.25, -0.2) is 4.79 Å². The monoisotopic (exact) mass is 393 g/mol. The maximum absolute atomic E-state index is 12.1. The molecule has 0 heterocycles. The highest BCUT2D eigenvalue weighted by molar-refractivity contribution is 7.76. The van der Waals surface area contributed by atoms with Gasteiger partial charge in [0.15, 0.2) is 0 Å². The molecule has 1 atom stereocenters. The molecule has 0 aromatic rings. The first-order chi connectivity index (χ1) is 11.3. The van der Waals surface area contributed by atoms with Crippen LogP contribution in [0.15, 0.2) is 12.2 Å². The molecular formula is C19H37ClNO3P. The molecule has 6 heteroatoms. The first kappa shape index (κ1) is 26.6. The van der Waals surface area contributed by atoms with Crippen LogP contribution >= 0.6 is 7.26 Å². The van der Waals surface area contributed by atoms with Crippen molar-refractivity contribution in [2.45, 2.75) is 79.0 Å². The lowest BCUT2D eigenvalue weighted by molar-refractivity contribution is -0.116. The molecule has 25 heavy (non-hydrogen) atoms. The summed E-state index contributed by atoms with van der Waals surface area (Å²) in [6.45, 7) is 13.8. The molecule has 0 aromatic heterocycles. The summed E-state index contributed by atoms with van der Waals surface area (Å²) in [7, 11) is -1.37. The van der Waals surface area contributed by atoms with E-state index >= 15 is 0 Å². The second-order valence-corrected chi connectivity index (χ2v) is 11.2. The van der Waals surface area contributed by atoms with E-state index in [0.717, 1.165) is 19.3 Å². The van der Waals surface area contributed by atoms with E-state index < -0.39 is 19.3 Å². The van der Waals surface area contributed by atoms with E-state index in [0.29, 0.717) is 5.57 Å². The largest absolute Gasteiger partial charge is 1.00 e. The van der Waals surface area contributed by atoms with Crippen LogP contribution in [0.25, 0.3) is 0 Å². The fraction of sp³-hybridized carbons (Fsp3) is 0.789. The van der Waals surface area contributed by atoms with Gasteiger partial charge in [-0.15, -0.1) is 0 Å². The Balaban J connectivity index is 0. The predicted molar refractivity (Wildman–Crippen MR) is 105 cm³/mol. The van der Waals surface area contributed by atoms with Gasteiger partial charge in [-0.1, -0.05) is 46.6 Å². The second-order valence-electron chi connectivity index (χ2n) is 6.69. The van der Waals surface area contributed by atoms with Crippen LogP contribution in [0.5, 0.6) is 0 Å². The zero-order valence-corrected chi connectivity index (χ0v) is 18.3. The SMILES string of the molecule is C=C(C)C(=O)NC(=O)OC(C)[P+](CCCC)(CCCC)CCCC.[Cl-]. The molecule has 0 fully saturated rings. The normalized spacial score (nSPS) is 12.0. The minimum absolute atomic E-state index is 0. The number of nitrogens with one attached hydrogen (secondary N) is 1. The summed E-state index contributed by atoms with van der Waals surface area (Å²) in [6.07, 6.45) is 9.91. The van der Waals surface area contributed by atoms with E-state index in [9.17, 15) is 9.59 Å². The second kappa shape index (κ2) is 14.6. The maximum Gasteiger partial charge on any atom is 0.417 e. The van der Waals surface area contributed by atoms with Gasteiger partial charge in [0.25, 0.3) is 5.91 Å². The fourth-order valence-electron chi connectivity index (χ4n) is 2.80. The summed E-state index contributed by atoms with van der Waals surface area (Å²) >= 11 is 0. The van der Waals surface area contributed by atoms with Gasteiger partial charge in [0.05, 0.1) is 25.7 Å². The summed E-state index contributed by atoms with van der Waals surface area (Å²) < 4.78 is 5.67. The maximum atomic E-state index is 12.1. The number of ether oxygens (including phenoxy) is 1. The molecule has 0 aromatic carbocycles. The average Bonchev–Trinajstić information content (AvgIpc) is 2.54. The van der Waals surface area contributed by atoms with Crippen molar-refractivity contribution in [1.29, 1.82) is 0 Å². The predicted octanol–water partition coefficient (Wildman–Crippen LogP) is 2.58. The Morgan fingerprint density at radius 1 is 1.00 bits per heavy atom. The summed E-state index contributed by atoms with van der Waals surface area (Å²) in [4.78, 5) is 23.7. The Hall–Kier alpha value is -0.600. The summed E-state index contributed by atoms with van der Waals surface area (Å²) in [5.41, 5.74) is 0.309. The van der Waals surface area contributed by atoms with Gasteiger partial charge < -0.3 is 17.1 Å². The van der Waals surface area contributed by atoms with Crippen molar-refractivity contribution < 1.29 is 26.7 Å². The molecule has 1 unspecified atom stereocenters.